The quantitative estimate of drug-likeness (QED) is 0.259. The number of hydrogen-bond donors (Lipinski definition) is 0. The van der Waals surface area contributed by atoms with Crippen molar-refractivity contribution in [3.05, 3.63) is 27.2 Å². The number of aryl methyl sites for hydroxylation is 1. The minimum Gasteiger partial charge on any atom is -0.462 e. The number of fused-ring (bicyclic) bond motifs is 8. The summed E-state index contributed by atoms with van der Waals surface area (Å²) in [5, 5.41) is 0.998. The zero-order valence-electron chi connectivity index (χ0n) is 35.1. The van der Waals surface area contributed by atoms with Crippen LogP contribution in [0.1, 0.15) is 113 Å². The molecule has 4 heterocycles. The topological polar surface area (TPSA) is 124 Å². The highest BCUT2D eigenvalue weighted by Crippen LogP contribution is 2.62. The molecule has 0 radical (unpaired) electrons. The minimum atomic E-state index is -0.633. The first-order chi connectivity index (χ1) is 26.9. The average Bonchev–Trinajstić information content (AvgIpc) is 3.87. The lowest BCUT2D eigenvalue weighted by molar-refractivity contribution is -0.314. The number of thiazole rings is 1. The number of methoxy groups -OCH3 is 3. The number of carbonyl (C=O) groups is 2. The van der Waals surface area contributed by atoms with Gasteiger partial charge in [-0.05, 0) is 104 Å². The van der Waals surface area contributed by atoms with Gasteiger partial charge in [-0.2, -0.15) is 0 Å². The maximum atomic E-state index is 15.0. The van der Waals surface area contributed by atoms with Crippen LogP contribution in [-0.4, -0.2) is 125 Å². The van der Waals surface area contributed by atoms with Crippen LogP contribution in [0.4, 0.5) is 0 Å². The van der Waals surface area contributed by atoms with Gasteiger partial charge in [0.25, 0.3) is 0 Å². The van der Waals surface area contributed by atoms with E-state index in [9.17, 15) is 9.59 Å². The van der Waals surface area contributed by atoms with E-state index < -0.39 is 18.3 Å². The number of allylic oxidation sites excluding steroid dienone is 2. The molecule has 3 saturated heterocycles. The van der Waals surface area contributed by atoms with Gasteiger partial charge >= 0.3 is 5.97 Å². The number of Topliss-reactive ketones (excluding diaryl/α,β-unsaturated/α-hetero) is 1. The molecule has 13 heteroatoms. The summed E-state index contributed by atoms with van der Waals surface area (Å²) in [5.41, 5.74) is 1.85. The number of nitrogens with zero attached hydrogens (tertiary/aromatic N) is 2. The second kappa shape index (κ2) is 17.8. The summed E-state index contributed by atoms with van der Waals surface area (Å²) >= 11 is 1.71. The number of cyclic esters (lactones) is 1. The third kappa shape index (κ3) is 8.19. The van der Waals surface area contributed by atoms with E-state index in [4.69, 9.17) is 42.9 Å². The molecule has 56 heavy (non-hydrogen) atoms. The zero-order chi connectivity index (χ0) is 40.0. The van der Waals surface area contributed by atoms with E-state index in [2.05, 4.69) is 45.8 Å². The highest BCUT2D eigenvalue weighted by atomic mass is 32.1. The Hall–Kier alpha value is -1.81. The van der Waals surface area contributed by atoms with Crippen LogP contribution >= 0.6 is 11.3 Å². The van der Waals surface area contributed by atoms with Gasteiger partial charge in [0.05, 0.1) is 41.5 Å². The third-order valence-electron chi connectivity index (χ3n) is 14.0. The molecule has 1 aromatic heterocycles. The van der Waals surface area contributed by atoms with E-state index in [-0.39, 0.29) is 96.8 Å². The average molecular weight is 803 g/mol. The highest BCUT2D eigenvalue weighted by molar-refractivity contribution is 7.11. The Balaban J connectivity index is 1.18. The fraction of sp³-hybridized carbons (Fsp3) is 0.837. The van der Waals surface area contributed by atoms with Crippen LogP contribution in [0.5, 0.6) is 0 Å². The maximum absolute atomic E-state index is 15.0. The molecule has 12 nitrogen and oxygen atoms in total. The lowest BCUT2D eigenvalue weighted by Crippen LogP contribution is -2.59. The maximum Gasteiger partial charge on any atom is 0.306 e. The number of ether oxygens (including phenoxy) is 8. The monoisotopic (exact) mass is 802 g/mol. The van der Waals surface area contributed by atoms with Crippen LogP contribution in [0, 0.1) is 30.6 Å². The smallest absolute Gasteiger partial charge is 0.306 e. The van der Waals surface area contributed by atoms with Gasteiger partial charge < -0.3 is 42.8 Å². The number of hydrogen-bond acceptors (Lipinski definition) is 13. The lowest BCUT2D eigenvalue weighted by atomic mass is 9.67. The summed E-state index contributed by atoms with van der Waals surface area (Å²) < 4.78 is 50.1. The summed E-state index contributed by atoms with van der Waals surface area (Å²) in [7, 11) is 9.16. The normalized spacial score (nSPS) is 43.2. The molecular formula is C43H66N2O10S. The Kier molecular flexibility index (Phi) is 13.5. The van der Waals surface area contributed by atoms with E-state index >= 15 is 0 Å². The number of likely N-dealkylation sites (N-methyl/N-ethyl adjacent to an activating group) is 1. The number of esters is 1. The van der Waals surface area contributed by atoms with Crippen molar-refractivity contribution in [3.63, 3.8) is 0 Å². The predicted molar refractivity (Wildman–Crippen MR) is 210 cm³/mol. The van der Waals surface area contributed by atoms with Crippen molar-refractivity contribution in [2.45, 2.75) is 172 Å². The zero-order valence-corrected chi connectivity index (χ0v) is 36.0. The van der Waals surface area contributed by atoms with Crippen molar-refractivity contribution in [1.82, 2.24) is 9.88 Å². The molecule has 0 aromatic carbocycles. The molecule has 0 N–H and O–H groups in total. The second-order valence-corrected chi connectivity index (χ2v) is 18.7. The number of ketones is 1. The van der Waals surface area contributed by atoms with E-state index in [0.717, 1.165) is 61.2 Å². The van der Waals surface area contributed by atoms with Crippen molar-refractivity contribution in [1.29, 1.82) is 0 Å². The van der Waals surface area contributed by atoms with Crippen LogP contribution in [-0.2, 0) is 47.5 Å². The van der Waals surface area contributed by atoms with Crippen LogP contribution in [0.15, 0.2) is 11.6 Å². The first-order valence-corrected chi connectivity index (χ1v) is 22.0. The molecule has 3 unspecified atom stereocenters. The third-order valence-corrected chi connectivity index (χ3v) is 15.1. The fourth-order valence-electron chi connectivity index (χ4n) is 11.2. The summed E-state index contributed by atoms with van der Waals surface area (Å²) in [6, 6.07) is 0.327. The van der Waals surface area contributed by atoms with E-state index in [1.165, 1.54) is 4.88 Å². The van der Waals surface area contributed by atoms with Crippen molar-refractivity contribution in [2.24, 2.45) is 23.7 Å². The molecule has 3 aliphatic carbocycles. The summed E-state index contributed by atoms with van der Waals surface area (Å²) in [5.74, 6) is -0.515. The number of carbonyl (C=O) groups excluding carboxylic acids is 2. The summed E-state index contributed by atoms with van der Waals surface area (Å²) in [6.45, 7) is 10.2. The van der Waals surface area contributed by atoms with Crippen molar-refractivity contribution < 1.29 is 47.5 Å². The molecule has 6 aliphatic rings. The van der Waals surface area contributed by atoms with Crippen LogP contribution in [0.2, 0.25) is 0 Å². The molecule has 0 spiro atoms. The van der Waals surface area contributed by atoms with Gasteiger partial charge in [0.2, 0.25) is 0 Å². The highest BCUT2D eigenvalue weighted by Gasteiger charge is 2.57. The number of aromatic nitrogens is 1. The Bertz CT molecular complexity index is 1570. The molecule has 0 bridgehead atoms. The van der Waals surface area contributed by atoms with Crippen molar-refractivity contribution in [2.75, 3.05) is 35.4 Å². The molecule has 17 atom stereocenters. The van der Waals surface area contributed by atoms with Crippen LogP contribution in [0.25, 0.3) is 0 Å². The molecule has 1 saturated carbocycles. The standard InChI is InChI=1S/C43H66N2O10S/c1-11-25-13-12-14-33(55-35-16-15-32(45(6)7)22(3)51-35)21(2)38(47)31-19-28-27-17-26(54-43-41(50-10)40(49-9)39(48-8)23(4)52-43)18-30(27)37-42(56-24(5)44-37)36(28)29(31)20-34(46)53-25/h19,21-23,25-30,32-33,35-36,39-41,43H,11-18,20H2,1-10H3/t21-,22?,23?,25+,26+,27+,28+,29-,30-,32+,33+,35+,36-,39+,40?,41+,43+/m1/s1. The van der Waals surface area contributed by atoms with Gasteiger partial charge in [-0.15, -0.1) is 11.3 Å². The molecular weight excluding hydrogens is 737 g/mol. The van der Waals surface area contributed by atoms with Gasteiger partial charge in [-0.1, -0.05) is 19.9 Å². The Morgan fingerprint density at radius 3 is 2.32 bits per heavy atom. The SMILES string of the molecule is CC[C@H]1CCC[C@H](O[C@H]2CC[C@H](N(C)C)C(C)O2)[C@@H](C)C(=O)C2=C[C@H]3[C@@H]4C[C@H](O[C@@H]5OC(C)[C@H](OC)C(OC)[C@@H]5OC)C[C@H]4c4nc(C)sc4[C@H]3[C@@H]2CC(=O)O1. The first-order valence-electron chi connectivity index (χ1n) is 21.2. The Morgan fingerprint density at radius 2 is 1.64 bits per heavy atom. The minimum absolute atomic E-state index is 0.0243. The Morgan fingerprint density at radius 1 is 0.893 bits per heavy atom. The van der Waals surface area contributed by atoms with Gasteiger partial charge in [0.1, 0.15) is 24.4 Å². The van der Waals surface area contributed by atoms with Crippen molar-refractivity contribution >= 4 is 23.1 Å². The molecule has 314 valence electrons. The Labute approximate surface area is 337 Å². The van der Waals surface area contributed by atoms with Crippen molar-refractivity contribution in [3.8, 4) is 0 Å². The van der Waals surface area contributed by atoms with Gasteiger partial charge in [-0.3, -0.25) is 9.59 Å². The van der Waals surface area contributed by atoms with Crippen LogP contribution < -0.4 is 0 Å². The molecule has 4 fully saturated rings. The summed E-state index contributed by atoms with van der Waals surface area (Å²) in [6.07, 6.45) is 5.73. The molecule has 1 aromatic rings. The predicted octanol–water partition coefficient (Wildman–Crippen LogP) is 6.33. The lowest BCUT2D eigenvalue weighted by Gasteiger charge is -2.44. The van der Waals surface area contributed by atoms with Gasteiger partial charge in [-0.25, -0.2) is 4.98 Å². The fourth-order valence-corrected chi connectivity index (χ4v) is 12.4. The summed E-state index contributed by atoms with van der Waals surface area (Å²) in [4.78, 5) is 37.4. The van der Waals surface area contributed by atoms with E-state index in [0.29, 0.717) is 12.5 Å². The molecule has 7 rings (SSSR count). The largest absolute Gasteiger partial charge is 0.462 e. The van der Waals surface area contributed by atoms with E-state index in [1.807, 2.05) is 13.8 Å². The second-order valence-electron chi connectivity index (χ2n) is 17.5. The molecule has 0 amide bonds. The van der Waals surface area contributed by atoms with Gasteiger partial charge in [0, 0.05) is 55.9 Å². The van der Waals surface area contributed by atoms with Gasteiger partial charge in [0.15, 0.2) is 18.4 Å². The number of rotatable bonds is 9. The first kappa shape index (κ1) is 42.3. The van der Waals surface area contributed by atoms with Crippen LogP contribution in [0.3, 0.4) is 0 Å². The molecule has 3 aliphatic heterocycles. The van der Waals surface area contributed by atoms with E-state index in [1.54, 1.807) is 32.7 Å².